The van der Waals surface area contributed by atoms with E-state index in [9.17, 15) is 13.6 Å². The third-order valence-electron chi connectivity index (χ3n) is 3.18. The largest absolute Gasteiger partial charge is 0.444 e. The Morgan fingerprint density at radius 2 is 2.14 bits per heavy atom. The topological polar surface area (TPSA) is 42.4 Å². The average molecular weight is 310 g/mol. The van der Waals surface area contributed by atoms with E-state index in [1.807, 2.05) is 6.08 Å². The molecule has 6 heteroatoms. The molecule has 2 heterocycles. The van der Waals surface area contributed by atoms with Crippen molar-refractivity contribution in [2.45, 2.75) is 39.2 Å². The van der Waals surface area contributed by atoms with Crippen LogP contribution in [0.2, 0.25) is 0 Å². The zero-order chi connectivity index (χ0) is 16.3. The molecule has 22 heavy (non-hydrogen) atoms. The number of aromatic nitrogens is 1. The van der Waals surface area contributed by atoms with Gasteiger partial charge < -0.3 is 9.64 Å². The van der Waals surface area contributed by atoms with Gasteiger partial charge in [0.05, 0.1) is 12.2 Å². The molecule has 0 saturated heterocycles. The molecule has 1 amide bonds. The number of pyridine rings is 1. The SMILES string of the molecule is CC(C)(C)OC(=O)N1CCC=C(c2ncccc2C(F)F)C1. The van der Waals surface area contributed by atoms with E-state index in [4.69, 9.17) is 4.74 Å². The standard InChI is InChI=1S/C16H20F2N2O2/c1-16(2,3)22-15(21)20-9-5-6-11(10-20)13-12(14(17)18)7-4-8-19-13/h4,6-8,14H,5,9-10H2,1-3H3. The Balaban J connectivity index is 2.18. The van der Waals surface area contributed by atoms with Gasteiger partial charge in [-0.05, 0) is 44.9 Å². The summed E-state index contributed by atoms with van der Waals surface area (Å²) in [4.78, 5) is 17.7. The Kier molecular flexibility index (Phi) is 4.78. The summed E-state index contributed by atoms with van der Waals surface area (Å²) in [6.45, 7) is 6.11. The molecule has 120 valence electrons. The molecule has 1 aromatic rings. The predicted octanol–water partition coefficient (Wildman–Crippen LogP) is 4.04. The number of amides is 1. The van der Waals surface area contributed by atoms with Crippen molar-refractivity contribution in [3.8, 4) is 0 Å². The highest BCUT2D eigenvalue weighted by Crippen LogP contribution is 2.29. The van der Waals surface area contributed by atoms with Crippen molar-refractivity contribution in [3.05, 3.63) is 35.7 Å². The molecule has 0 saturated carbocycles. The van der Waals surface area contributed by atoms with Crippen molar-refractivity contribution in [2.24, 2.45) is 0 Å². The summed E-state index contributed by atoms with van der Waals surface area (Å²) in [7, 11) is 0. The summed E-state index contributed by atoms with van der Waals surface area (Å²) in [5.41, 5.74) is 0.191. The third-order valence-corrected chi connectivity index (χ3v) is 3.18. The molecule has 2 rings (SSSR count). The van der Waals surface area contributed by atoms with Crippen LogP contribution in [0.4, 0.5) is 13.6 Å². The minimum Gasteiger partial charge on any atom is -0.444 e. The summed E-state index contributed by atoms with van der Waals surface area (Å²) >= 11 is 0. The monoisotopic (exact) mass is 310 g/mol. The molecule has 1 aromatic heterocycles. The number of hydrogen-bond donors (Lipinski definition) is 0. The van der Waals surface area contributed by atoms with Crippen LogP contribution in [0, 0.1) is 0 Å². The van der Waals surface area contributed by atoms with Gasteiger partial charge in [-0.3, -0.25) is 4.98 Å². The first-order chi connectivity index (χ1) is 10.3. The molecule has 1 aliphatic rings. The number of hydrogen-bond acceptors (Lipinski definition) is 3. The van der Waals surface area contributed by atoms with Gasteiger partial charge in [0.25, 0.3) is 6.43 Å². The van der Waals surface area contributed by atoms with Gasteiger partial charge in [-0.15, -0.1) is 0 Å². The van der Waals surface area contributed by atoms with E-state index in [2.05, 4.69) is 4.98 Å². The van der Waals surface area contributed by atoms with Gasteiger partial charge in [0.1, 0.15) is 5.60 Å². The highest BCUT2D eigenvalue weighted by atomic mass is 19.3. The number of carbonyl (C=O) groups excluding carboxylic acids is 1. The van der Waals surface area contributed by atoms with Gasteiger partial charge in [-0.2, -0.15) is 0 Å². The Labute approximate surface area is 128 Å². The Morgan fingerprint density at radius 1 is 1.41 bits per heavy atom. The van der Waals surface area contributed by atoms with Crippen molar-refractivity contribution in [1.82, 2.24) is 9.88 Å². The van der Waals surface area contributed by atoms with Crippen LogP contribution in [0.1, 0.15) is 44.9 Å². The second-order valence-electron chi connectivity index (χ2n) is 6.16. The molecular weight excluding hydrogens is 290 g/mol. The molecule has 0 unspecified atom stereocenters. The van der Waals surface area contributed by atoms with Crippen LogP contribution in [0.3, 0.4) is 0 Å². The molecule has 0 aliphatic carbocycles. The first kappa shape index (κ1) is 16.4. The van der Waals surface area contributed by atoms with Crippen LogP contribution in [0.5, 0.6) is 0 Å². The first-order valence-corrected chi connectivity index (χ1v) is 7.18. The highest BCUT2D eigenvalue weighted by molar-refractivity contribution is 5.75. The van der Waals surface area contributed by atoms with Crippen LogP contribution >= 0.6 is 0 Å². The normalized spacial score (nSPS) is 15.7. The van der Waals surface area contributed by atoms with Gasteiger partial charge in [-0.1, -0.05) is 6.08 Å². The minimum atomic E-state index is -2.60. The lowest BCUT2D eigenvalue weighted by Crippen LogP contribution is -2.39. The highest BCUT2D eigenvalue weighted by Gasteiger charge is 2.26. The lowest BCUT2D eigenvalue weighted by molar-refractivity contribution is 0.0273. The lowest BCUT2D eigenvalue weighted by Gasteiger charge is -2.30. The fraction of sp³-hybridized carbons (Fsp3) is 0.500. The van der Waals surface area contributed by atoms with Gasteiger partial charge in [0.2, 0.25) is 0 Å². The van der Waals surface area contributed by atoms with E-state index < -0.39 is 18.1 Å². The molecule has 4 nitrogen and oxygen atoms in total. The number of alkyl halides is 2. The summed E-state index contributed by atoms with van der Waals surface area (Å²) in [6, 6.07) is 2.85. The maximum atomic E-state index is 13.1. The van der Waals surface area contributed by atoms with Crippen LogP contribution in [-0.2, 0) is 4.74 Å². The van der Waals surface area contributed by atoms with Crippen molar-refractivity contribution in [3.63, 3.8) is 0 Å². The molecular formula is C16H20F2N2O2. The van der Waals surface area contributed by atoms with Gasteiger partial charge in [0.15, 0.2) is 0 Å². The fourth-order valence-corrected chi connectivity index (χ4v) is 2.26. The van der Waals surface area contributed by atoms with Crippen LogP contribution in [0.25, 0.3) is 5.57 Å². The van der Waals surface area contributed by atoms with Gasteiger partial charge in [-0.25, -0.2) is 13.6 Å². The number of carbonyl (C=O) groups is 1. The van der Waals surface area contributed by atoms with Crippen molar-refractivity contribution in [1.29, 1.82) is 0 Å². The summed E-state index contributed by atoms with van der Waals surface area (Å²) in [5, 5.41) is 0. The Bertz CT molecular complexity index is 580. The zero-order valence-corrected chi connectivity index (χ0v) is 13.0. The first-order valence-electron chi connectivity index (χ1n) is 7.18. The fourth-order valence-electron chi connectivity index (χ4n) is 2.26. The number of nitrogens with zero attached hydrogens (tertiary/aromatic N) is 2. The Hall–Kier alpha value is -1.98. The smallest absolute Gasteiger partial charge is 0.410 e. The van der Waals surface area contributed by atoms with E-state index in [1.165, 1.54) is 23.2 Å². The number of rotatable bonds is 2. The van der Waals surface area contributed by atoms with E-state index in [-0.39, 0.29) is 17.8 Å². The molecule has 0 aromatic carbocycles. The second kappa shape index (κ2) is 6.42. The number of halogens is 2. The van der Waals surface area contributed by atoms with Crippen molar-refractivity contribution in [2.75, 3.05) is 13.1 Å². The zero-order valence-electron chi connectivity index (χ0n) is 13.0. The second-order valence-corrected chi connectivity index (χ2v) is 6.16. The van der Waals surface area contributed by atoms with Crippen LogP contribution in [0.15, 0.2) is 24.4 Å². The van der Waals surface area contributed by atoms with E-state index >= 15 is 0 Å². The summed E-state index contributed by atoms with van der Waals surface area (Å²) < 4.78 is 31.5. The quantitative estimate of drug-likeness (QED) is 0.828. The molecule has 0 spiro atoms. The summed E-state index contributed by atoms with van der Waals surface area (Å²) in [6.07, 6.45) is 0.895. The molecule has 0 radical (unpaired) electrons. The average Bonchev–Trinajstić information content (AvgIpc) is 2.45. The maximum absolute atomic E-state index is 13.1. The molecule has 0 fully saturated rings. The van der Waals surface area contributed by atoms with E-state index in [1.54, 1.807) is 20.8 Å². The molecule has 1 aliphatic heterocycles. The van der Waals surface area contributed by atoms with Gasteiger partial charge in [0, 0.05) is 18.3 Å². The third kappa shape index (κ3) is 4.02. The maximum Gasteiger partial charge on any atom is 0.410 e. The Morgan fingerprint density at radius 3 is 2.77 bits per heavy atom. The van der Waals surface area contributed by atoms with Gasteiger partial charge >= 0.3 is 6.09 Å². The molecule has 0 atom stereocenters. The predicted molar refractivity (Wildman–Crippen MR) is 79.6 cm³/mol. The van der Waals surface area contributed by atoms with Crippen molar-refractivity contribution >= 4 is 11.7 Å². The molecule has 0 bridgehead atoms. The van der Waals surface area contributed by atoms with Crippen LogP contribution < -0.4 is 0 Å². The number of ether oxygens (including phenoxy) is 1. The summed E-state index contributed by atoms with van der Waals surface area (Å²) in [5.74, 6) is 0. The van der Waals surface area contributed by atoms with Crippen molar-refractivity contribution < 1.29 is 18.3 Å². The van der Waals surface area contributed by atoms with E-state index in [0.29, 0.717) is 18.5 Å². The minimum absolute atomic E-state index is 0.111. The molecule has 0 N–H and O–H groups in total. The van der Waals surface area contributed by atoms with E-state index in [0.717, 1.165) is 0 Å². The lowest BCUT2D eigenvalue weighted by atomic mass is 10.0. The van der Waals surface area contributed by atoms with Crippen LogP contribution in [-0.4, -0.2) is 34.7 Å².